The maximum atomic E-state index is 11.1. The Morgan fingerprint density at radius 1 is 1.00 bits per heavy atom. The van der Waals surface area contributed by atoms with Crippen LogP contribution in [-0.2, 0) is 0 Å². The maximum Gasteiger partial charge on any atom is 0.186 e. The molecule has 3 heterocycles. The van der Waals surface area contributed by atoms with Crippen LogP contribution in [0.2, 0.25) is 0 Å². The molecule has 0 amide bonds. The summed E-state index contributed by atoms with van der Waals surface area (Å²) < 4.78 is 5.26. The number of carbonyl (C=O) groups is 1. The molecule has 0 bridgehead atoms. The second kappa shape index (κ2) is 4.77. The van der Waals surface area contributed by atoms with Gasteiger partial charge in [-0.3, -0.25) is 4.79 Å². The second-order valence-corrected chi connectivity index (χ2v) is 3.70. The van der Waals surface area contributed by atoms with Crippen molar-refractivity contribution >= 4 is 6.29 Å². The first-order valence-electron chi connectivity index (χ1n) is 5.49. The van der Waals surface area contributed by atoms with Crippen LogP contribution in [-0.4, -0.2) is 26.2 Å². The van der Waals surface area contributed by atoms with E-state index in [2.05, 4.69) is 19.9 Å². The highest BCUT2D eigenvalue weighted by molar-refractivity contribution is 5.91. The van der Waals surface area contributed by atoms with Crippen LogP contribution in [0.4, 0.5) is 0 Å². The molecule has 0 saturated heterocycles. The van der Waals surface area contributed by atoms with Gasteiger partial charge in [0, 0.05) is 18.0 Å². The zero-order chi connectivity index (χ0) is 13.1. The SMILES string of the molecule is O=Cc1occ(-c2ccncn2)c1-c1ccncn1. The van der Waals surface area contributed by atoms with Crippen LogP contribution < -0.4 is 0 Å². The number of hydrogen-bond donors (Lipinski definition) is 0. The van der Waals surface area contributed by atoms with Gasteiger partial charge in [-0.25, -0.2) is 19.9 Å². The molecule has 0 aromatic carbocycles. The molecule has 0 N–H and O–H groups in total. The molecule has 6 heteroatoms. The highest BCUT2D eigenvalue weighted by Crippen LogP contribution is 2.33. The van der Waals surface area contributed by atoms with E-state index in [-0.39, 0.29) is 5.76 Å². The van der Waals surface area contributed by atoms with Crippen LogP contribution in [0.5, 0.6) is 0 Å². The Kier molecular flexibility index (Phi) is 2.82. The average Bonchev–Trinajstić information content (AvgIpc) is 2.93. The van der Waals surface area contributed by atoms with E-state index in [0.717, 1.165) is 0 Å². The van der Waals surface area contributed by atoms with Gasteiger partial charge in [0.1, 0.15) is 18.9 Å². The Labute approximate surface area is 108 Å². The largest absolute Gasteiger partial charge is 0.460 e. The number of hydrogen-bond acceptors (Lipinski definition) is 6. The number of aldehydes is 1. The van der Waals surface area contributed by atoms with E-state index < -0.39 is 0 Å². The molecule has 3 aromatic rings. The number of nitrogens with zero attached hydrogens (tertiary/aromatic N) is 4. The Bertz CT molecular complexity index is 695. The van der Waals surface area contributed by atoms with Gasteiger partial charge in [0.15, 0.2) is 12.0 Å². The quantitative estimate of drug-likeness (QED) is 0.663. The molecule has 92 valence electrons. The van der Waals surface area contributed by atoms with Crippen molar-refractivity contribution in [2.45, 2.75) is 0 Å². The second-order valence-electron chi connectivity index (χ2n) is 3.70. The van der Waals surface area contributed by atoms with E-state index >= 15 is 0 Å². The third-order valence-corrected chi connectivity index (χ3v) is 2.62. The van der Waals surface area contributed by atoms with Gasteiger partial charge in [0.05, 0.1) is 17.0 Å². The number of aromatic nitrogens is 4. The van der Waals surface area contributed by atoms with Gasteiger partial charge in [0.25, 0.3) is 0 Å². The summed E-state index contributed by atoms with van der Waals surface area (Å²) in [7, 11) is 0. The van der Waals surface area contributed by atoms with Gasteiger partial charge in [-0.2, -0.15) is 0 Å². The lowest BCUT2D eigenvalue weighted by Crippen LogP contribution is -1.90. The summed E-state index contributed by atoms with van der Waals surface area (Å²) in [6.07, 6.45) is 8.23. The standard InChI is InChI=1S/C13H8N4O2/c18-5-12-13(11-2-4-15-8-17-11)9(6-19-12)10-1-3-14-7-16-10/h1-8H. The van der Waals surface area contributed by atoms with Crippen LogP contribution in [0, 0.1) is 0 Å². The molecule has 3 rings (SSSR count). The summed E-state index contributed by atoms with van der Waals surface area (Å²) in [6, 6.07) is 3.45. The van der Waals surface area contributed by atoms with Crippen LogP contribution in [0.3, 0.4) is 0 Å². The Hall–Kier alpha value is -2.89. The average molecular weight is 252 g/mol. The molecular weight excluding hydrogens is 244 g/mol. The Morgan fingerprint density at radius 2 is 1.68 bits per heavy atom. The fourth-order valence-electron chi connectivity index (χ4n) is 1.80. The highest BCUT2D eigenvalue weighted by Gasteiger charge is 2.18. The molecule has 0 aliphatic rings. The fraction of sp³-hybridized carbons (Fsp3) is 0. The topological polar surface area (TPSA) is 81.8 Å². The Morgan fingerprint density at radius 3 is 2.26 bits per heavy atom. The Balaban J connectivity index is 2.23. The van der Waals surface area contributed by atoms with Crippen molar-refractivity contribution in [1.29, 1.82) is 0 Å². The summed E-state index contributed by atoms with van der Waals surface area (Å²) in [4.78, 5) is 27.1. The number of carbonyl (C=O) groups excluding carboxylic acids is 1. The molecule has 3 aromatic heterocycles. The summed E-state index contributed by atoms with van der Waals surface area (Å²) in [5.74, 6) is 0.215. The fourth-order valence-corrected chi connectivity index (χ4v) is 1.80. The molecule has 0 aliphatic heterocycles. The van der Waals surface area contributed by atoms with E-state index in [9.17, 15) is 4.79 Å². The van der Waals surface area contributed by atoms with Crippen LogP contribution in [0.1, 0.15) is 10.6 Å². The van der Waals surface area contributed by atoms with Gasteiger partial charge >= 0.3 is 0 Å². The number of furan rings is 1. The third kappa shape index (κ3) is 1.99. The highest BCUT2D eigenvalue weighted by atomic mass is 16.3. The van der Waals surface area contributed by atoms with Gasteiger partial charge in [-0.05, 0) is 12.1 Å². The number of rotatable bonds is 3. The lowest BCUT2D eigenvalue weighted by atomic mass is 10.0. The summed E-state index contributed by atoms with van der Waals surface area (Å²) in [6.45, 7) is 0. The first-order valence-corrected chi connectivity index (χ1v) is 5.49. The van der Waals surface area contributed by atoms with Crippen LogP contribution in [0.25, 0.3) is 22.5 Å². The predicted molar refractivity (Wildman–Crippen MR) is 66.1 cm³/mol. The molecule has 6 nitrogen and oxygen atoms in total. The van der Waals surface area contributed by atoms with Crippen LogP contribution >= 0.6 is 0 Å². The first-order chi connectivity index (χ1) is 9.40. The van der Waals surface area contributed by atoms with E-state index in [1.165, 1.54) is 18.9 Å². The zero-order valence-electron chi connectivity index (χ0n) is 9.72. The minimum atomic E-state index is 0.215. The van der Waals surface area contributed by atoms with Crippen LogP contribution in [0.15, 0.2) is 47.9 Å². The third-order valence-electron chi connectivity index (χ3n) is 2.62. The molecule has 0 saturated carbocycles. The normalized spacial score (nSPS) is 10.3. The van der Waals surface area contributed by atoms with E-state index in [0.29, 0.717) is 28.8 Å². The summed E-state index contributed by atoms with van der Waals surface area (Å²) in [5.41, 5.74) is 2.58. The first kappa shape index (κ1) is 11.2. The zero-order valence-corrected chi connectivity index (χ0v) is 9.72. The molecule has 0 unspecified atom stereocenters. The molecule has 0 spiro atoms. The molecule has 0 atom stereocenters. The smallest absolute Gasteiger partial charge is 0.186 e. The van der Waals surface area contributed by atoms with Crippen molar-refractivity contribution in [3.05, 3.63) is 49.2 Å². The van der Waals surface area contributed by atoms with Crippen molar-refractivity contribution in [3.8, 4) is 22.5 Å². The molecular formula is C13H8N4O2. The molecule has 19 heavy (non-hydrogen) atoms. The van der Waals surface area contributed by atoms with Crippen molar-refractivity contribution in [3.63, 3.8) is 0 Å². The minimum absolute atomic E-state index is 0.215. The maximum absolute atomic E-state index is 11.1. The lowest BCUT2D eigenvalue weighted by Gasteiger charge is -2.01. The van der Waals surface area contributed by atoms with Crippen molar-refractivity contribution in [2.24, 2.45) is 0 Å². The summed E-state index contributed by atoms with van der Waals surface area (Å²) >= 11 is 0. The van der Waals surface area contributed by atoms with Crippen molar-refractivity contribution in [1.82, 2.24) is 19.9 Å². The monoisotopic (exact) mass is 252 g/mol. The van der Waals surface area contributed by atoms with E-state index in [4.69, 9.17) is 4.42 Å². The molecule has 0 radical (unpaired) electrons. The molecule has 0 aliphatic carbocycles. The van der Waals surface area contributed by atoms with E-state index in [1.54, 1.807) is 24.5 Å². The van der Waals surface area contributed by atoms with Crippen molar-refractivity contribution < 1.29 is 9.21 Å². The van der Waals surface area contributed by atoms with Gasteiger partial charge in [-0.1, -0.05) is 0 Å². The van der Waals surface area contributed by atoms with Gasteiger partial charge in [0.2, 0.25) is 0 Å². The minimum Gasteiger partial charge on any atom is -0.460 e. The lowest BCUT2D eigenvalue weighted by molar-refractivity contribution is 0.110. The molecule has 0 fully saturated rings. The van der Waals surface area contributed by atoms with Crippen molar-refractivity contribution in [2.75, 3.05) is 0 Å². The van der Waals surface area contributed by atoms with Gasteiger partial charge < -0.3 is 4.42 Å². The van der Waals surface area contributed by atoms with E-state index in [1.807, 2.05) is 0 Å². The predicted octanol–water partition coefficient (Wildman–Crippen LogP) is 2.01. The van der Waals surface area contributed by atoms with Gasteiger partial charge in [-0.15, -0.1) is 0 Å². The summed E-state index contributed by atoms with van der Waals surface area (Å²) in [5, 5.41) is 0.